The van der Waals surface area contributed by atoms with Crippen molar-refractivity contribution in [2.45, 2.75) is 151 Å². The molecule has 8 heteroatoms. The van der Waals surface area contributed by atoms with E-state index in [1.54, 1.807) is 13.8 Å². The van der Waals surface area contributed by atoms with Crippen LogP contribution in [0.2, 0.25) is 0 Å². The van der Waals surface area contributed by atoms with Crippen molar-refractivity contribution in [3.63, 3.8) is 0 Å². The molecule has 0 spiro atoms. The standard InChI is InChI=1S/C44H64N2O6/c1-26(2)35-30(47)24-44(46-38(51)45-27(3)28-14-12-11-13-15-28)23-22-42(9)29(36(35)44)16-17-32-41(8)20-19-33(52-34(48)25-39(4,5)37(49)50)40(6,7)31(41)18-21-43(32,42)10/h11-15,26-27,29,31-33H,16-25H2,1-10H3,(H,49,50)(H2,45,46,51)/t27?,29?,31?,32?,33-,41-,42+,43?,44+/m0/s1. The van der Waals surface area contributed by atoms with E-state index < -0.39 is 22.9 Å². The second-order valence-electron chi connectivity index (χ2n) is 19.7. The number of hydrogen-bond donors (Lipinski definition) is 3. The Kier molecular flexibility index (Phi) is 9.64. The molecule has 52 heavy (non-hydrogen) atoms. The van der Waals surface area contributed by atoms with Gasteiger partial charge in [-0.25, -0.2) is 4.79 Å². The third-order valence-corrected chi connectivity index (χ3v) is 15.8. The van der Waals surface area contributed by atoms with Gasteiger partial charge in [-0.1, -0.05) is 78.8 Å². The Balaban J connectivity index is 1.27. The molecule has 0 heterocycles. The van der Waals surface area contributed by atoms with Crippen LogP contribution < -0.4 is 10.6 Å². The molecule has 0 aromatic heterocycles. The number of benzene rings is 1. The summed E-state index contributed by atoms with van der Waals surface area (Å²) in [5.74, 6) is -0.112. The summed E-state index contributed by atoms with van der Waals surface area (Å²) >= 11 is 0. The summed E-state index contributed by atoms with van der Waals surface area (Å²) in [4.78, 5) is 52.6. The Morgan fingerprint density at radius 1 is 0.885 bits per heavy atom. The molecule has 4 fully saturated rings. The first-order valence-corrected chi connectivity index (χ1v) is 20.0. The molecule has 286 valence electrons. The van der Waals surface area contributed by atoms with E-state index in [1.165, 1.54) is 5.57 Å². The molecule has 5 aliphatic rings. The number of carbonyl (C=O) groups excluding carboxylic acids is 3. The van der Waals surface area contributed by atoms with Gasteiger partial charge in [0, 0.05) is 11.8 Å². The van der Waals surface area contributed by atoms with E-state index in [0.29, 0.717) is 18.3 Å². The molecule has 0 aliphatic heterocycles. The number of aliphatic carboxylic acids is 1. The first-order chi connectivity index (χ1) is 24.1. The summed E-state index contributed by atoms with van der Waals surface area (Å²) in [5.41, 5.74) is 1.16. The number of ether oxygens (including phenoxy) is 1. The third kappa shape index (κ3) is 5.93. The molecule has 0 radical (unpaired) electrons. The highest BCUT2D eigenvalue weighted by atomic mass is 16.5. The van der Waals surface area contributed by atoms with Crippen molar-refractivity contribution in [2.24, 2.45) is 50.7 Å². The largest absolute Gasteiger partial charge is 0.481 e. The minimum atomic E-state index is -1.17. The van der Waals surface area contributed by atoms with E-state index in [-0.39, 0.29) is 63.9 Å². The lowest BCUT2D eigenvalue weighted by atomic mass is 9.33. The van der Waals surface area contributed by atoms with Crippen molar-refractivity contribution < 1.29 is 29.0 Å². The van der Waals surface area contributed by atoms with Gasteiger partial charge in [0.15, 0.2) is 5.78 Å². The number of esters is 1. The molecular formula is C44H64N2O6. The lowest BCUT2D eigenvalue weighted by Crippen LogP contribution is -2.67. The molecule has 2 amide bonds. The van der Waals surface area contributed by atoms with Crippen molar-refractivity contribution in [1.82, 2.24) is 10.6 Å². The van der Waals surface area contributed by atoms with Gasteiger partial charge < -0.3 is 20.5 Å². The van der Waals surface area contributed by atoms with E-state index in [9.17, 15) is 24.3 Å². The Hall–Kier alpha value is -3.16. The minimum Gasteiger partial charge on any atom is -0.481 e. The average Bonchev–Trinajstić information content (AvgIpc) is 3.34. The zero-order valence-corrected chi connectivity index (χ0v) is 33.4. The van der Waals surface area contributed by atoms with E-state index in [2.05, 4.69) is 59.1 Å². The van der Waals surface area contributed by atoms with Gasteiger partial charge in [-0.2, -0.15) is 0 Å². The number of urea groups is 1. The SMILES string of the molecule is CC(C)C1=C2C3CCC4C(C)(CCC5C(C)(C)[C@@H](OC(=O)CC(C)(C)C(=O)O)CC[C@@]54C)[C@]3(C)CC[C@@]2(NC(=O)NC(C)c2ccccc2)CC1=O. The molecule has 0 saturated heterocycles. The molecule has 5 unspecified atom stereocenters. The maximum atomic E-state index is 14.0. The van der Waals surface area contributed by atoms with Gasteiger partial charge in [0.25, 0.3) is 0 Å². The van der Waals surface area contributed by atoms with Crippen LogP contribution >= 0.6 is 0 Å². The van der Waals surface area contributed by atoms with E-state index >= 15 is 0 Å². The van der Waals surface area contributed by atoms with Crippen LogP contribution in [0.5, 0.6) is 0 Å². The Morgan fingerprint density at radius 3 is 2.19 bits per heavy atom. The number of hydrogen-bond acceptors (Lipinski definition) is 5. The van der Waals surface area contributed by atoms with Crippen LogP contribution in [0.4, 0.5) is 4.79 Å². The molecule has 0 bridgehead atoms. The highest BCUT2D eigenvalue weighted by Crippen LogP contribution is 2.76. The van der Waals surface area contributed by atoms with Gasteiger partial charge in [0.1, 0.15) is 6.10 Å². The van der Waals surface area contributed by atoms with E-state index in [4.69, 9.17) is 4.74 Å². The van der Waals surface area contributed by atoms with Gasteiger partial charge in [0.2, 0.25) is 0 Å². The molecule has 1 aromatic rings. The summed E-state index contributed by atoms with van der Waals surface area (Å²) in [5, 5.41) is 16.2. The maximum Gasteiger partial charge on any atom is 0.315 e. The van der Waals surface area contributed by atoms with Crippen LogP contribution in [-0.4, -0.2) is 40.5 Å². The number of rotatable bonds is 8. The maximum absolute atomic E-state index is 14.0. The molecule has 8 nitrogen and oxygen atoms in total. The number of Topliss-reactive ketones (excluding diaryl/α,β-unsaturated/α-hetero) is 1. The zero-order chi connectivity index (χ0) is 38.2. The summed E-state index contributed by atoms with van der Waals surface area (Å²) in [6.07, 6.45) is 7.54. The topological polar surface area (TPSA) is 122 Å². The fraction of sp³-hybridized carbons (Fsp3) is 0.727. The van der Waals surface area contributed by atoms with Gasteiger partial charge in [0.05, 0.1) is 23.4 Å². The summed E-state index contributed by atoms with van der Waals surface area (Å²) in [7, 11) is 0. The van der Waals surface area contributed by atoms with Gasteiger partial charge in [-0.05, 0) is 129 Å². The summed E-state index contributed by atoms with van der Waals surface area (Å²) in [6.45, 7) is 21.5. The average molecular weight is 717 g/mol. The van der Waals surface area contributed by atoms with Crippen LogP contribution in [0.25, 0.3) is 0 Å². The number of carboxylic acid groups (broad SMARTS) is 1. The second kappa shape index (κ2) is 13.0. The van der Waals surface area contributed by atoms with Gasteiger partial charge in [-0.15, -0.1) is 0 Å². The number of nitrogens with one attached hydrogen (secondary N) is 2. The summed E-state index contributed by atoms with van der Waals surface area (Å²) in [6, 6.07) is 9.61. The third-order valence-electron chi connectivity index (χ3n) is 15.8. The summed E-state index contributed by atoms with van der Waals surface area (Å²) < 4.78 is 6.16. The normalized spacial score (nSPS) is 37.2. The number of fused-ring (bicyclic) bond motifs is 7. The fourth-order valence-corrected chi connectivity index (χ4v) is 12.9. The zero-order valence-electron chi connectivity index (χ0n) is 33.4. The van der Waals surface area contributed by atoms with Crippen molar-refractivity contribution in [3.05, 3.63) is 47.0 Å². The highest BCUT2D eigenvalue weighted by Gasteiger charge is 2.70. The smallest absolute Gasteiger partial charge is 0.315 e. The van der Waals surface area contributed by atoms with E-state index in [1.807, 2.05) is 37.3 Å². The predicted molar refractivity (Wildman–Crippen MR) is 202 cm³/mol. The molecular weight excluding hydrogens is 652 g/mol. The second-order valence-corrected chi connectivity index (χ2v) is 19.7. The van der Waals surface area contributed by atoms with Crippen LogP contribution in [0.3, 0.4) is 0 Å². The first kappa shape index (κ1) is 38.6. The lowest BCUT2D eigenvalue weighted by molar-refractivity contribution is -0.232. The minimum absolute atomic E-state index is 0.0310. The Morgan fingerprint density at radius 2 is 1.56 bits per heavy atom. The van der Waals surface area contributed by atoms with Crippen molar-refractivity contribution in [2.75, 3.05) is 0 Å². The quantitative estimate of drug-likeness (QED) is 0.231. The fourth-order valence-electron chi connectivity index (χ4n) is 12.9. The Bertz CT molecular complexity index is 1650. The van der Waals surface area contributed by atoms with Crippen molar-refractivity contribution >= 4 is 23.8 Å². The van der Waals surface area contributed by atoms with Crippen molar-refractivity contribution in [1.29, 1.82) is 0 Å². The van der Waals surface area contributed by atoms with Crippen LogP contribution in [0.1, 0.15) is 145 Å². The molecule has 6 rings (SSSR count). The van der Waals surface area contributed by atoms with Crippen LogP contribution in [0.15, 0.2) is 41.5 Å². The monoisotopic (exact) mass is 716 g/mol. The molecule has 3 N–H and O–H groups in total. The Labute approximate surface area is 311 Å². The van der Waals surface area contributed by atoms with Crippen LogP contribution in [0, 0.1) is 50.7 Å². The predicted octanol–water partition coefficient (Wildman–Crippen LogP) is 9.19. The van der Waals surface area contributed by atoms with Crippen LogP contribution in [-0.2, 0) is 19.1 Å². The highest BCUT2D eigenvalue weighted by molar-refractivity contribution is 6.02. The molecule has 9 atom stereocenters. The number of carbonyl (C=O) groups is 4. The molecule has 4 saturated carbocycles. The van der Waals surface area contributed by atoms with Gasteiger partial charge >= 0.3 is 18.0 Å². The van der Waals surface area contributed by atoms with Crippen molar-refractivity contribution in [3.8, 4) is 0 Å². The lowest BCUT2D eigenvalue weighted by Gasteiger charge is -2.72. The number of carboxylic acids is 1. The molecule has 1 aromatic carbocycles. The number of allylic oxidation sites excluding steroid dienone is 1. The molecule has 5 aliphatic carbocycles. The van der Waals surface area contributed by atoms with E-state index in [0.717, 1.165) is 62.5 Å². The van der Waals surface area contributed by atoms with Gasteiger partial charge in [-0.3, -0.25) is 14.4 Å². The first-order valence-electron chi connectivity index (χ1n) is 20.0. The number of ketones is 1. The number of amides is 2.